The first-order valence-electron chi connectivity index (χ1n) is 5.76. The number of hydrogen-bond acceptors (Lipinski definition) is 2. The summed E-state index contributed by atoms with van der Waals surface area (Å²) in [4.78, 5) is 0.362. The maximum absolute atomic E-state index is 12.0. The highest BCUT2D eigenvalue weighted by atomic mass is 32.2. The first-order valence-corrected chi connectivity index (χ1v) is 7.24. The normalized spacial score (nSPS) is 18.5. The number of hydrogen-bond donors (Lipinski definition) is 1. The fraction of sp³-hybridized carbons (Fsp3) is 0.500. The lowest BCUT2D eigenvalue weighted by atomic mass is 9.96. The average molecular weight is 239 g/mol. The Morgan fingerprint density at radius 2 is 1.62 bits per heavy atom. The molecule has 1 aromatic rings. The molecule has 0 heterocycles. The van der Waals surface area contributed by atoms with E-state index in [1.165, 1.54) is 6.42 Å². The highest BCUT2D eigenvalue weighted by Gasteiger charge is 2.21. The number of sulfonamides is 1. The molecular formula is C12H17NO2S. The van der Waals surface area contributed by atoms with Crippen LogP contribution in [-0.4, -0.2) is 14.5 Å². The molecule has 0 saturated heterocycles. The van der Waals surface area contributed by atoms with Crippen molar-refractivity contribution in [2.75, 3.05) is 0 Å². The zero-order chi connectivity index (χ0) is 11.4. The van der Waals surface area contributed by atoms with Gasteiger partial charge in [-0.3, -0.25) is 0 Å². The van der Waals surface area contributed by atoms with Crippen LogP contribution in [0, 0.1) is 0 Å². The fourth-order valence-electron chi connectivity index (χ4n) is 2.11. The molecule has 16 heavy (non-hydrogen) atoms. The van der Waals surface area contributed by atoms with Crippen LogP contribution in [0.15, 0.2) is 35.2 Å². The highest BCUT2D eigenvalue weighted by Crippen LogP contribution is 2.19. The third-order valence-corrected chi connectivity index (χ3v) is 4.52. The zero-order valence-electron chi connectivity index (χ0n) is 9.22. The van der Waals surface area contributed by atoms with E-state index in [0.717, 1.165) is 25.7 Å². The van der Waals surface area contributed by atoms with Crippen LogP contribution in [0.1, 0.15) is 32.1 Å². The van der Waals surface area contributed by atoms with Crippen LogP contribution < -0.4 is 4.72 Å². The standard InChI is InChI=1S/C12H17NO2S/c14-16(15,12-9-5-2-6-10-12)13-11-7-3-1-4-8-11/h2,5-6,9-11,13H,1,3-4,7-8H2. The minimum atomic E-state index is -3.31. The Morgan fingerprint density at radius 1 is 1.00 bits per heavy atom. The first kappa shape index (κ1) is 11.6. The van der Waals surface area contributed by atoms with E-state index in [4.69, 9.17) is 0 Å². The van der Waals surface area contributed by atoms with E-state index < -0.39 is 10.0 Å². The predicted octanol–water partition coefficient (Wildman–Crippen LogP) is 2.30. The maximum Gasteiger partial charge on any atom is 0.240 e. The van der Waals surface area contributed by atoms with Crippen molar-refractivity contribution in [3.05, 3.63) is 30.3 Å². The molecule has 1 aliphatic carbocycles. The van der Waals surface area contributed by atoms with Crippen LogP contribution in [-0.2, 0) is 10.0 Å². The van der Waals surface area contributed by atoms with Crippen LogP contribution in [0.3, 0.4) is 0 Å². The van der Waals surface area contributed by atoms with Gasteiger partial charge in [0.1, 0.15) is 0 Å². The number of benzene rings is 1. The van der Waals surface area contributed by atoms with Gasteiger partial charge < -0.3 is 0 Å². The summed E-state index contributed by atoms with van der Waals surface area (Å²) in [6, 6.07) is 8.69. The van der Waals surface area contributed by atoms with E-state index in [9.17, 15) is 8.42 Å². The molecule has 0 aromatic heterocycles. The van der Waals surface area contributed by atoms with E-state index >= 15 is 0 Å². The molecule has 0 atom stereocenters. The van der Waals surface area contributed by atoms with Crippen molar-refractivity contribution in [3.8, 4) is 0 Å². The first-order chi connectivity index (χ1) is 7.68. The van der Waals surface area contributed by atoms with Gasteiger partial charge in [0.2, 0.25) is 10.0 Å². The SMILES string of the molecule is O=S(=O)(NC1CCCCC1)c1ccccc1. The molecule has 0 radical (unpaired) electrons. The molecule has 0 unspecified atom stereocenters. The van der Waals surface area contributed by atoms with Gasteiger partial charge in [0.05, 0.1) is 4.90 Å². The highest BCUT2D eigenvalue weighted by molar-refractivity contribution is 7.89. The molecule has 1 fully saturated rings. The Bertz CT molecular complexity index is 422. The van der Waals surface area contributed by atoms with Gasteiger partial charge in [-0.2, -0.15) is 0 Å². The fourth-order valence-corrected chi connectivity index (χ4v) is 3.43. The lowest BCUT2D eigenvalue weighted by Crippen LogP contribution is -2.36. The van der Waals surface area contributed by atoms with Crippen molar-refractivity contribution in [1.29, 1.82) is 0 Å². The second kappa shape index (κ2) is 4.97. The summed E-state index contributed by atoms with van der Waals surface area (Å²) in [5.74, 6) is 0. The van der Waals surface area contributed by atoms with E-state index in [2.05, 4.69) is 4.72 Å². The summed E-state index contributed by atoms with van der Waals surface area (Å²) < 4.78 is 26.8. The van der Waals surface area contributed by atoms with Crippen molar-refractivity contribution in [1.82, 2.24) is 4.72 Å². The van der Waals surface area contributed by atoms with Crippen molar-refractivity contribution < 1.29 is 8.42 Å². The third-order valence-electron chi connectivity index (χ3n) is 2.98. The maximum atomic E-state index is 12.0. The van der Waals surface area contributed by atoms with Gasteiger partial charge in [-0.25, -0.2) is 13.1 Å². The topological polar surface area (TPSA) is 46.2 Å². The number of rotatable bonds is 3. The smallest absolute Gasteiger partial charge is 0.208 e. The summed E-state index contributed by atoms with van der Waals surface area (Å²) in [6.45, 7) is 0. The summed E-state index contributed by atoms with van der Waals surface area (Å²) >= 11 is 0. The van der Waals surface area contributed by atoms with Crippen LogP contribution in [0.2, 0.25) is 0 Å². The summed E-state index contributed by atoms with van der Waals surface area (Å²) in [7, 11) is -3.31. The van der Waals surface area contributed by atoms with Crippen molar-refractivity contribution in [3.63, 3.8) is 0 Å². The molecule has 0 amide bonds. The van der Waals surface area contributed by atoms with Crippen molar-refractivity contribution in [2.45, 2.75) is 43.0 Å². The second-order valence-electron chi connectivity index (χ2n) is 4.27. The van der Waals surface area contributed by atoms with Crippen LogP contribution in [0.5, 0.6) is 0 Å². The minimum absolute atomic E-state index is 0.124. The molecule has 0 spiro atoms. The van der Waals surface area contributed by atoms with Gasteiger partial charge in [0.25, 0.3) is 0 Å². The molecule has 4 heteroatoms. The Hall–Kier alpha value is -0.870. The summed E-state index contributed by atoms with van der Waals surface area (Å²) in [5, 5.41) is 0. The van der Waals surface area contributed by atoms with E-state index in [1.807, 2.05) is 6.07 Å². The van der Waals surface area contributed by atoms with Crippen LogP contribution in [0.4, 0.5) is 0 Å². The lowest BCUT2D eigenvalue weighted by molar-refractivity contribution is 0.412. The van der Waals surface area contributed by atoms with Gasteiger partial charge in [-0.05, 0) is 25.0 Å². The molecule has 2 rings (SSSR count). The van der Waals surface area contributed by atoms with E-state index in [1.54, 1.807) is 24.3 Å². The van der Waals surface area contributed by atoms with Crippen LogP contribution >= 0.6 is 0 Å². The Kier molecular flexibility index (Phi) is 3.61. The molecule has 88 valence electrons. The van der Waals surface area contributed by atoms with E-state index in [-0.39, 0.29) is 6.04 Å². The zero-order valence-corrected chi connectivity index (χ0v) is 10.0. The third kappa shape index (κ3) is 2.83. The Balaban J connectivity index is 2.08. The lowest BCUT2D eigenvalue weighted by Gasteiger charge is -2.22. The Labute approximate surface area is 96.9 Å². The quantitative estimate of drug-likeness (QED) is 0.879. The van der Waals surface area contributed by atoms with Gasteiger partial charge in [0, 0.05) is 6.04 Å². The average Bonchev–Trinajstić information content (AvgIpc) is 2.31. The Morgan fingerprint density at radius 3 is 2.25 bits per heavy atom. The van der Waals surface area contributed by atoms with Gasteiger partial charge in [-0.15, -0.1) is 0 Å². The molecule has 3 nitrogen and oxygen atoms in total. The molecular weight excluding hydrogens is 222 g/mol. The van der Waals surface area contributed by atoms with Crippen molar-refractivity contribution >= 4 is 10.0 Å². The second-order valence-corrected chi connectivity index (χ2v) is 5.98. The molecule has 1 saturated carbocycles. The monoisotopic (exact) mass is 239 g/mol. The van der Waals surface area contributed by atoms with Gasteiger partial charge in [0.15, 0.2) is 0 Å². The predicted molar refractivity (Wildman–Crippen MR) is 63.6 cm³/mol. The molecule has 0 bridgehead atoms. The van der Waals surface area contributed by atoms with Gasteiger partial charge >= 0.3 is 0 Å². The molecule has 1 aliphatic rings. The molecule has 1 aromatic carbocycles. The van der Waals surface area contributed by atoms with Crippen LogP contribution in [0.25, 0.3) is 0 Å². The minimum Gasteiger partial charge on any atom is -0.208 e. The molecule has 0 aliphatic heterocycles. The molecule has 1 N–H and O–H groups in total. The van der Waals surface area contributed by atoms with Crippen molar-refractivity contribution in [2.24, 2.45) is 0 Å². The van der Waals surface area contributed by atoms with Gasteiger partial charge in [-0.1, -0.05) is 37.5 Å². The summed E-state index contributed by atoms with van der Waals surface area (Å²) in [6.07, 6.45) is 5.41. The van der Waals surface area contributed by atoms with E-state index in [0.29, 0.717) is 4.90 Å². The summed E-state index contributed by atoms with van der Waals surface area (Å²) in [5.41, 5.74) is 0. The number of nitrogens with one attached hydrogen (secondary N) is 1. The largest absolute Gasteiger partial charge is 0.240 e.